The van der Waals surface area contributed by atoms with E-state index in [4.69, 9.17) is 0 Å². The molecule has 7 heteroatoms. The van der Waals surface area contributed by atoms with Crippen molar-refractivity contribution in [3.05, 3.63) is 59.4 Å². The normalized spacial score (nSPS) is 16.4. The Hall–Kier alpha value is -2.96. The first-order chi connectivity index (χ1) is 13.0. The zero-order valence-electron chi connectivity index (χ0n) is 15.9. The fourth-order valence-corrected chi connectivity index (χ4v) is 3.63. The lowest BCUT2D eigenvalue weighted by Gasteiger charge is -2.26. The summed E-state index contributed by atoms with van der Waals surface area (Å²) in [6.45, 7) is 6.95. The van der Waals surface area contributed by atoms with Gasteiger partial charge in [0.1, 0.15) is 11.6 Å². The highest BCUT2D eigenvalue weighted by molar-refractivity contribution is 5.94. The Balaban J connectivity index is 1.48. The molecule has 0 bridgehead atoms. The Kier molecular flexibility index (Phi) is 4.51. The van der Waals surface area contributed by atoms with Crippen molar-refractivity contribution in [2.45, 2.75) is 52.1 Å². The van der Waals surface area contributed by atoms with Gasteiger partial charge in [0, 0.05) is 42.9 Å². The zero-order chi connectivity index (χ0) is 19.0. The van der Waals surface area contributed by atoms with E-state index in [0.717, 1.165) is 42.3 Å². The summed E-state index contributed by atoms with van der Waals surface area (Å²) in [6.07, 6.45) is 5.36. The SMILES string of the molecule is Cc1cc(C(=O)NC2CCc3nnc(C(C)C)n3C2)ccc1-n1cccn1. The number of hydrogen-bond donors (Lipinski definition) is 1. The number of hydrogen-bond acceptors (Lipinski definition) is 4. The molecule has 0 spiro atoms. The maximum Gasteiger partial charge on any atom is 0.251 e. The lowest BCUT2D eigenvalue weighted by Crippen LogP contribution is -2.41. The van der Waals surface area contributed by atoms with Crippen molar-refractivity contribution in [1.29, 1.82) is 0 Å². The number of carbonyl (C=O) groups is 1. The molecule has 0 aliphatic carbocycles. The molecule has 7 nitrogen and oxygen atoms in total. The summed E-state index contributed by atoms with van der Waals surface area (Å²) < 4.78 is 3.96. The van der Waals surface area contributed by atoms with Gasteiger partial charge in [-0.3, -0.25) is 4.79 Å². The quantitative estimate of drug-likeness (QED) is 0.772. The molecule has 4 rings (SSSR count). The van der Waals surface area contributed by atoms with E-state index in [9.17, 15) is 4.79 Å². The maximum absolute atomic E-state index is 12.8. The second-order valence-corrected chi connectivity index (χ2v) is 7.40. The van der Waals surface area contributed by atoms with Gasteiger partial charge in [-0.15, -0.1) is 10.2 Å². The van der Waals surface area contributed by atoms with Crippen molar-refractivity contribution in [2.75, 3.05) is 0 Å². The summed E-state index contributed by atoms with van der Waals surface area (Å²) >= 11 is 0. The molecule has 1 N–H and O–H groups in total. The van der Waals surface area contributed by atoms with Crippen LogP contribution in [0.1, 0.15) is 53.8 Å². The third-order valence-corrected chi connectivity index (χ3v) is 5.04. The van der Waals surface area contributed by atoms with E-state index in [1.807, 2.05) is 37.4 Å². The molecule has 1 amide bonds. The minimum Gasteiger partial charge on any atom is -0.347 e. The van der Waals surface area contributed by atoms with Gasteiger partial charge in [-0.1, -0.05) is 13.8 Å². The fraction of sp³-hybridized carbons (Fsp3) is 0.400. The molecule has 2 aromatic heterocycles. The number of carbonyl (C=O) groups excluding carboxylic acids is 1. The molecule has 27 heavy (non-hydrogen) atoms. The van der Waals surface area contributed by atoms with Gasteiger partial charge in [-0.05, 0) is 43.2 Å². The third-order valence-electron chi connectivity index (χ3n) is 5.04. The van der Waals surface area contributed by atoms with Crippen LogP contribution in [0, 0.1) is 6.92 Å². The van der Waals surface area contributed by atoms with Crippen molar-refractivity contribution in [3.63, 3.8) is 0 Å². The smallest absolute Gasteiger partial charge is 0.251 e. The predicted molar refractivity (Wildman–Crippen MR) is 102 cm³/mol. The van der Waals surface area contributed by atoms with Crippen molar-refractivity contribution >= 4 is 5.91 Å². The van der Waals surface area contributed by atoms with E-state index in [1.54, 1.807) is 10.9 Å². The third kappa shape index (κ3) is 3.37. The van der Waals surface area contributed by atoms with E-state index in [0.29, 0.717) is 11.5 Å². The van der Waals surface area contributed by atoms with Crippen LogP contribution in [0.2, 0.25) is 0 Å². The minimum atomic E-state index is -0.0438. The highest BCUT2D eigenvalue weighted by Gasteiger charge is 2.25. The molecule has 3 heterocycles. The van der Waals surface area contributed by atoms with Crippen molar-refractivity contribution in [3.8, 4) is 5.69 Å². The van der Waals surface area contributed by atoms with Gasteiger partial charge in [0.25, 0.3) is 5.91 Å². The maximum atomic E-state index is 12.8. The lowest BCUT2D eigenvalue weighted by molar-refractivity contribution is 0.0927. The Morgan fingerprint density at radius 1 is 1.30 bits per heavy atom. The summed E-state index contributed by atoms with van der Waals surface area (Å²) in [6, 6.07) is 7.68. The molecule has 0 saturated carbocycles. The molecule has 140 valence electrons. The van der Waals surface area contributed by atoms with E-state index >= 15 is 0 Å². The number of aryl methyl sites for hydroxylation is 2. The summed E-state index contributed by atoms with van der Waals surface area (Å²) in [5.41, 5.74) is 2.66. The van der Waals surface area contributed by atoms with Crippen LogP contribution in [0.5, 0.6) is 0 Å². The van der Waals surface area contributed by atoms with Crippen LogP contribution in [-0.2, 0) is 13.0 Å². The van der Waals surface area contributed by atoms with Gasteiger partial charge in [0.05, 0.1) is 5.69 Å². The van der Waals surface area contributed by atoms with Crippen molar-refractivity contribution < 1.29 is 4.79 Å². The average Bonchev–Trinajstić information content (AvgIpc) is 3.31. The first kappa shape index (κ1) is 17.5. The summed E-state index contributed by atoms with van der Waals surface area (Å²) in [7, 11) is 0. The average molecular weight is 364 g/mol. The minimum absolute atomic E-state index is 0.0438. The monoisotopic (exact) mass is 364 g/mol. The number of fused-ring (bicyclic) bond motifs is 1. The number of aromatic nitrogens is 5. The van der Waals surface area contributed by atoms with Crippen molar-refractivity contribution in [2.24, 2.45) is 0 Å². The second kappa shape index (κ2) is 6.98. The molecule has 1 aromatic carbocycles. The van der Waals surface area contributed by atoms with E-state index < -0.39 is 0 Å². The number of benzene rings is 1. The molecule has 1 atom stereocenters. The van der Waals surface area contributed by atoms with E-state index in [-0.39, 0.29) is 11.9 Å². The Labute approximate surface area is 158 Å². The zero-order valence-corrected chi connectivity index (χ0v) is 15.9. The molecule has 1 aliphatic heterocycles. The summed E-state index contributed by atoms with van der Waals surface area (Å²) in [4.78, 5) is 12.8. The van der Waals surface area contributed by atoms with Crippen LogP contribution < -0.4 is 5.32 Å². The van der Waals surface area contributed by atoms with Crippen LogP contribution in [0.3, 0.4) is 0 Å². The van der Waals surface area contributed by atoms with E-state index in [1.165, 1.54) is 0 Å². The van der Waals surface area contributed by atoms with E-state index in [2.05, 4.69) is 39.0 Å². The summed E-state index contributed by atoms with van der Waals surface area (Å²) in [5, 5.41) is 16.0. The van der Waals surface area contributed by atoms with Crippen LogP contribution >= 0.6 is 0 Å². The molecule has 3 aromatic rings. The van der Waals surface area contributed by atoms with Gasteiger partial charge in [0.2, 0.25) is 0 Å². The number of nitrogens with one attached hydrogen (secondary N) is 1. The van der Waals surface area contributed by atoms with Gasteiger partial charge in [-0.2, -0.15) is 5.10 Å². The van der Waals surface area contributed by atoms with Crippen LogP contribution in [0.15, 0.2) is 36.7 Å². The van der Waals surface area contributed by atoms with Crippen LogP contribution in [-0.4, -0.2) is 36.5 Å². The van der Waals surface area contributed by atoms with Crippen LogP contribution in [0.4, 0.5) is 0 Å². The lowest BCUT2D eigenvalue weighted by atomic mass is 10.0. The molecule has 0 saturated heterocycles. The Morgan fingerprint density at radius 2 is 2.15 bits per heavy atom. The highest BCUT2D eigenvalue weighted by Crippen LogP contribution is 2.21. The highest BCUT2D eigenvalue weighted by atomic mass is 16.1. The number of amides is 1. The first-order valence-corrected chi connectivity index (χ1v) is 9.36. The topological polar surface area (TPSA) is 77.6 Å². The van der Waals surface area contributed by atoms with Gasteiger partial charge < -0.3 is 9.88 Å². The first-order valence-electron chi connectivity index (χ1n) is 9.36. The molecule has 0 fully saturated rings. The van der Waals surface area contributed by atoms with Crippen LogP contribution in [0.25, 0.3) is 5.69 Å². The standard InChI is InChI=1S/C20H24N6O/c1-13(2)19-24-23-18-8-6-16(12-25(18)19)22-20(27)15-5-7-17(14(3)11-15)26-10-4-9-21-26/h4-5,7,9-11,13,16H,6,8,12H2,1-3H3,(H,22,27). The summed E-state index contributed by atoms with van der Waals surface area (Å²) in [5.74, 6) is 2.28. The second-order valence-electron chi connectivity index (χ2n) is 7.40. The van der Waals surface area contributed by atoms with Gasteiger partial charge in [0.15, 0.2) is 0 Å². The van der Waals surface area contributed by atoms with Gasteiger partial charge >= 0.3 is 0 Å². The Bertz CT molecular complexity index is 957. The van der Waals surface area contributed by atoms with Crippen molar-refractivity contribution in [1.82, 2.24) is 29.9 Å². The number of rotatable bonds is 4. The molecule has 1 unspecified atom stereocenters. The fourth-order valence-electron chi connectivity index (χ4n) is 3.63. The Morgan fingerprint density at radius 3 is 2.85 bits per heavy atom. The predicted octanol–water partition coefficient (Wildman–Crippen LogP) is 2.64. The molecule has 0 radical (unpaired) electrons. The molecular weight excluding hydrogens is 340 g/mol. The van der Waals surface area contributed by atoms with Gasteiger partial charge in [-0.25, -0.2) is 4.68 Å². The molecule has 1 aliphatic rings. The largest absolute Gasteiger partial charge is 0.347 e. The number of nitrogens with zero attached hydrogens (tertiary/aromatic N) is 5. The molecular formula is C20H24N6O.